The van der Waals surface area contributed by atoms with Crippen molar-refractivity contribution in [3.8, 4) is 0 Å². The molecule has 2 aromatic rings. The first-order valence-corrected chi connectivity index (χ1v) is 7.94. The van der Waals surface area contributed by atoms with Crippen LogP contribution in [-0.2, 0) is 4.79 Å². The zero-order valence-corrected chi connectivity index (χ0v) is 13.4. The van der Waals surface area contributed by atoms with Gasteiger partial charge in [-0.25, -0.2) is 8.78 Å². The lowest BCUT2D eigenvalue weighted by Gasteiger charge is -2.31. The minimum atomic E-state index is -1.00. The average molecular weight is 350 g/mol. The van der Waals surface area contributed by atoms with Gasteiger partial charge in [-0.15, -0.1) is 0 Å². The maximum Gasteiger partial charge on any atom is 0.289 e. The number of piperazine rings is 1. The number of anilines is 1. The number of hydrogen-bond acceptors (Lipinski definition) is 3. The first kappa shape index (κ1) is 17.1. The highest BCUT2D eigenvalue weighted by atomic mass is 19.2. The molecule has 1 aliphatic rings. The van der Waals surface area contributed by atoms with E-state index in [1.54, 1.807) is 17.0 Å². The van der Waals surface area contributed by atoms with Gasteiger partial charge in [0.15, 0.2) is 23.9 Å². The number of nitrogens with zero attached hydrogens (tertiary/aromatic N) is 1. The molecule has 6 nitrogen and oxygen atoms in total. The van der Waals surface area contributed by atoms with Gasteiger partial charge in [-0.05, 0) is 24.3 Å². The Hall–Kier alpha value is -2.74. The molecule has 0 aliphatic carbocycles. The lowest BCUT2D eigenvalue weighted by atomic mass is 10.2. The molecule has 1 aromatic heterocycles. The number of amides is 2. The van der Waals surface area contributed by atoms with Crippen LogP contribution in [0.4, 0.5) is 14.5 Å². The van der Waals surface area contributed by atoms with Crippen molar-refractivity contribution in [2.45, 2.75) is 0 Å². The van der Waals surface area contributed by atoms with E-state index in [9.17, 15) is 18.4 Å². The van der Waals surface area contributed by atoms with Gasteiger partial charge in [-0.2, -0.15) is 0 Å². The van der Waals surface area contributed by atoms with Crippen LogP contribution in [0, 0.1) is 11.6 Å². The van der Waals surface area contributed by atoms with Crippen molar-refractivity contribution in [2.24, 2.45) is 0 Å². The molecule has 1 aliphatic heterocycles. The molecule has 0 spiro atoms. The van der Waals surface area contributed by atoms with Crippen molar-refractivity contribution < 1.29 is 27.7 Å². The van der Waals surface area contributed by atoms with Crippen molar-refractivity contribution in [3.63, 3.8) is 0 Å². The Labute approximate surface area is 143 Å². The number of rotatable bonds is 4. The fourth-order valence-corrected chi connectivity index (χ4v) is 2.77. The van der Waals surface area contributed by atoms with Gasteiger partial charge in [0.25, 0.3) is 11.8 Å². The predicted octanol–water partition coefficient (Wildman–Crippen LogP) is 0.537. The van der Waals surface area contributed by atoms with E-state index in [0.717, 1.165) is 17.0 Å². The third-order valence-corrected chi connectivity index (χ3v) is 4.10. The summed E-state index contributed by atoms with van der Waals surface area (Å²) < 4.78 is 31.1. The molecule has 0 atom stereocenters. The molecule has 0 unspecified atom stereocenters. The van der Waals surface area contributed by atoms with Crippen molar-refractivity contribution >= 4 is 17.5 Å². The first-order chi connectivity index (χ1) is 12.0. The molecule has 0 saturated carbocycles. The van der Waals surface area contributed by atoms with Crippen LogP contribution in [0.25, 0.3) is 0 Å². The van der Waals surface area contributed by atoms with Crippen LogP contribution in [0.2, 0.25) is 0 Å². The summed E-state index contributed by atoms with van der Waals surface area (Å²) in [6, 6.07) is 6.51. The molecule has 132 valence electrons. The molecule has 3 rings (SSSR count). The quantitative estimate of drug-likeness (QED) is 0.846. The molecule has 0 radical (unpaired) electrons. The number of halogens is 2. The maximum atomic E-state index is 13.1. The molecule has 2 heterocycles. The van der Waals surface area contributed by atoms with E-state index in [4.69, 9.17) is 4.42 Å². The van der Waals surface area contributed by atoms with E-state index in [2.05, 4.69) is 5.32 Å². The Kier molecular flexibility index (Phi) is 5.08. The number of quaternary nitrogens is 1. The second-order valence-corrected chi connectivity index (χ2v) is 5.87. The van der Waals surface area contributed by atoms with Gasteiger partial charge in [0.1, 0.15) is 0 Å². The largest absolute Gasteiger partial charge is 0.459 e. The monoisotopic (exact) mass is 350 g/mol. The van der Waals surface area contributed by atoms with Crippen LogP contribution in [0.3, 0.4) is 0 Å². The molecule has 8 heteroatoms. The van der Waals surface area contributed by atoms with Gasteiger partial charge < -0.3 is 19.5 Å². The van der Waals surface area contributed by atoms with Crippen molar-refractivity contribution in [1.82, 2.24) is 4.90 Å². The summed E-state index contributed by atoms with van der Waals surface area (Å²) in [6.07, 6.45) is 1.46. The van der Waals surface area contributed by atoms with Crippen molar-refractivity contribution in [1.29, 1.82) is 0 Å². The standard InChI is InChI=1S/C17H17F2N3O3/c18-13-4-3-12(10-14(13)19)20-16(23)11-21-5-7-22(8-6-21)17(24)15-2-1-9-25-15/h1-4,9-10H,5-8,11H2,(H,20,23)/p+1. The molecule has 1 aromatic carbocycles. The average Bonchev–Trinajstić information content (AvgIpc) is 3.13. The van der Waals surface area contributed by atoms with Crippen molar-refractivity contribution in [3.05, 3.63) is 54.0 Å². The van der Waals surface area contributed by atoms with Gasteiger partial charge in [0.05, 0.1) is 32.4 Å². The number of hydrogen-bond donors (Lipinski definition) is 2. The SMILES string of the molecule is O=C(C[NH+]1CCN(C(=O)c2ccco2)CC1)Nc1ccc(F)c(F)c1. The number of nitrogens with one attached hydrogen (secondary N) is 2. The third-order valence-electron chi connectivity index (χ3n) is 4.10. The topological polar surface area (TPSA) is 67.0 Å². The summed E-state index contributed by atoms with van der Waals surface area (Å²) >= 11 is 0. The van der Waals surface area contributed by atoms with Crippen LogP contribution in [-0.4, -0.2) is 49.4 Å². The summed E-state index contributed by atoms with van der Waals surface area (Å²) in [5, 5.41) is 2.55. The van der Waals surface area contributed by atoms with Gasteiger partial charge in [-0.3, -0.25) is 9.59 Å². The summed E-state index contributed by atoms with van der Waals surface area (Å²) in [5.41, 5.74) is 0.218. The Balaban J connectivity index is 1.47. The van der Waals surface area contributed by atoms with E-state index in [1.165, 1.54) is 12.3 Å². The second-order valence-electron chi connectivity index (χ2n) is 5.87. The normalized spacial score (nSPS) is 15.2. The Morgan fingerprint density at radius 2 is 1.92 bits per heavy atom. The van der Waals surface area contributed by atoms with Crippen LogP contribution in [0.5, 0.6) is 0 Å². The minimum absolute atomic E-state index is 0.157. The van der Waals surface area contributed by atoms with Gasteiger partial charge in [0.2, 0.25) is 0 Å². The second kappa shape index (κ2) is 7.43. The minimum Gasteiger partial charge on any atom is -0.459 e. The fourth-order valence-electron chi connectivity index (χ4n) is 2.77. The highest BCUT2D eigenvalue weighted by molar-refractivity contribution is 5.92. The van der Waals surface area contributed by atoms with Gasteiger partial charge in [-0.1, -0.05) is 0 Å². The Bertz CT molecular complexity index is 757. The van der Waals surface area contributed by atoms with Gasteiger partial charge in [0, 0.05) is 11.8 Å². The van der Waals surface area contributed by atoms with Crippen molar-refractivity contribution in [2.75, 3.05) is 38.0 Å². The lowest BCUT2D eigenvalue weighted by Crippen LogP contribution is -3.15. The number of carbonyl (C=O) groups is 2. The van der Waals surface area contributed by atoms with Crippen LogP contribution in [0.15, 0.2) is 41.0 Å². The molecule has 2 amide bonds. The molecule has 25 heavy (non-hydrogen) atoms. The highest BCUT2D eigenvalue weighted by Gasteiger charge is 2.27. The molecule has 1 fully saturated rings. The predicted molar refractivity (Wildman–Crippen MR) is 85.2 cm³/mol. The summed E-state index contributed by atoms with van der Waals surface area (Å²) in [4.78, 5) is 26.9. The van der Waals surface area contributed by atoms with E-state index in [1.807, 2.05) is 0 Å². The maximum absolute atomic E-state index is 13.1. The van der Waals surface area contributed by atoms with E-state index >= 15 is 0 Å². The first-order valence-electron chi connectivity index (χ1n) is 7.94. The Morgan fingerprint density at radius 3 is 2.56 bits per heavy atom. The van der Waals surface area contributed by atoms with E-state index < -0.39 is 11.6 Å². The number of furan rings is 1. The molecular formula is C17H18F2N3O3+. The van der Waals surface area contributed by atoms with Crippen LogP contribution >= 0.6 is 0 Å². The Morgan fingerprint density at radius 1 is 1.16 bits per heavy atom. The molecule has 1 saturated heterocycles. The highest BCUT2D eigenvalue weighted by Crippen LogP contribution is 2.12. The van der Waals surface area contributed by atoms with Crippen LogP contribution in [0.1, 0.15) is 10.6 Å². The van der Waals surface area contributed by atoms with Crippen LogP contribution < -0.4 is 10.2 Å². The molecule has 2 N–H and O–H groups in total. The number of benzene rings is 1. The smallest absolute Gasteiger partial charge is 0.289 e. The fraction of sp³-hybridized carbons (Fsp3) is 0.294. The lowest BCUT2D eigenvalue weighted by molar-refractivity contribution is -0.895. The van der Waals surface area contributed by atoms with Gasteiger partial charge >= 0.3 is 0 Å². The summed E-state index contributed by atoms with van der Waals surface area (Å²) in [6.45, 7) is 2.48. The zero-order valence-electron chi connectivity index (χ0n) is 13.4. The van der Waals surface area contributed by atoms with E-state index in [-0.39, 0.29) is 24.0 Å². The van der Waals surface area contributed by atoms with E-state index in [0.29, 0.717) is 31.9 Å². The third kappa shape index (κ3) is 4.21. The summed E-state index contributed by atoms with van der Waals surface area (Å²) in [7, 11) is 0. The zero-order chi connectivity index (χ0) is 17.8. The number of carbonyl (C=O) groups excluding carboxylic acids is 2. The molecule has 0 bridgehead atoms. The molecular weight excluding hydrogens is 332 g/mol. The summed E-state index contributed by atoms with van der Waals surface area (Å²) in [5.74, 6) is -2.10.